The number of hydrogen-bond acceptors (Lipinski definition) is 5. The van der Waals surface area contributed by atoms with Gasteiger partial charge in [-0.1, -0.05) is 18.2 Å². The first-order chi connectivity index (χ1) is 9.51. The van der Waals surface area contributed by atoms with E-state index in [1.807, 2.05) is 0 Å². The van der Waals surface area contributed by atoms with Gasteiger partial charge in [-0.15, -0.1) is 0 Å². The Balaban J connectivity index is 3.08. The molecule has 107 valence electrons. The number of hydrogen-bond donors (Lipinski definition) is 3. The van der Waals surface area contributed by atoms with Crippen molar-refractivity contribution in [2.45, 2.75) is 18.6 Å². The van der Waals surface area contributed by atoms with Crippen molar-refractivity contribution in [1.29, 1.82) is 0 Å². The molecule has 5 N–H and O–H groups in total. The molecule has 0 saturated heterocycles. The number of benzene rings is 1. The van der Waals surface area contributed by atoms with Crippen molar-refractivity contribution in [3.63, 3.8) is 0 Å². The third-order valence-corrected chi connectivity index (χ3v) is 2.65. The van der Waals surface area contributed by atoms with Crippen LogP contribution in [-0.2, 0) is 14.4 Å². The van der Waals surface area contributed by atoms with E-state index in [1.54, 1.807) is 36.6 Å². The number of para-hydroxylation sites is 1. The summed E-state index contributed by atoms with van der Waals surface area (Å²) in [5.74, 6) is -1.27. The van der Waals surface area contributed by atoms with Crippen molar-refractivity contribution < 1.29 is 14.4 Å². The van der Waals surface area contributed by atoms with Gasteiger partial charge in [-0.2, -0.15) is 0 Å². The van der Waals surface area contributed by atoms with Crippen molar-refractivity contribution in [3.8, 4) is 0 Å². The van der Waals surface area contributed by atoms with Crippen LogP contribution in [0.3, 0.4) is 0 Å². The molecule has 20 heavy (non-hydrogen) atoms. The van der Waals surface area contributed by atoms with E-state index in [0.29, 0.717) is 5.69 Å². The fourth-order valence-corrected chi connectivity index (χ4v) is 1.72. The van der Waals surface area contributed by atoms with Crippen LogP contribution in [-0.4, -0.2) is 37.4 Å². The van der Waals surface area contributed by atoms with Crippen LogP contribution in [0.4, 0.5) is 5.69 Å². The summed E-state index contributed by atoms with van der Waals surface area (Å²) in [4.78, 5) is 35.3. The fourth-order valence-electron chi connectivity index (χ4n) is 1.72. The Morgan fingerprint density at radius 2 is 1.95 bits per heavy atom. The predicted molar refractivity (Wildman–Crippen MR) is 74.3 cm³/mol. The van der Waals surface area contributed by atoms with Crippen LogP contribution in [0.5, 0.6) is 0 Å². The van der Waals surface area contributed by atoms with E-state index in [2.05, 4.69) is 5.32 Å². The Hall–Kier alpha value is -2.25. The van der Waals surface area contributed by atoms with E-state index < -0.39 is 24.0 Å². The lowest BCUT2D eigenvalue weighted by molar-refractivity contribution is -0.124. The van der Waals surface area contributed by atoms with Gasteiger partial charge in [0.25, 0.3) is 0 Å². The van der Waals surface area contributed by atoms with Crippen molar-refractivity contribution in [2.24, 2.45) is 11.5 Å². The highest BCUT2D eigenvalue weighted by molar-refractivity contribution is 6.01. The number of rotatable bonds is 7. The molecule has 0 saturated carbocycles. The van der Waals surface area contributed by atoms with Gasteiger partial charge in [0.15, 0.2) is 6.17 Å². The maximum Gasteiger partial charge on any atom is 0.246 e. The minimum atomic E-state index is -1.11. The maximum atomic E-state index is 12.3. The Kier molecular flexibility index (Phi) is 5.82. The van der Waals surface area contributed by atoms with Crippen molar-refractivity contribution in [1.82, 2.24) is 5.32 Å². The van der Waals surface area contributed by atoms with Crippen molar-refractivity contribution in [3.05, 3.63) is 30.3 Å². The highest BCUT2D eigenvalue weighted by Gasteiger charge is 2.29. The number of amides is 2. The summed E-state index contributed by atoms with van der Waals surface area (Å²) in [6.45, 7) is 0. The molecule has 0 bridgehead atoms. The molecular weight excluding hydrogens is 260 g/mol. The Morgan fingerprint density at radius 1 is 1.35 bits per heavy atom. The molecule has 1 aromatic rings. The van der Waals surface area contributed by atoms with Crippen LogP contribution in [0.25, 0.3) is 0 Å². The van der Waals surface area contributed by atoms with E-state index in [4.69, 9.17) is 11.5 Å². The molecule has 2 amide bonds. The summed E-state index contributed by atoms with van der Waals surface area (Å²) in [6, 6.07) is 7.39. The molecule has 0 fully saturated rings. The zero-order valence-corrected chi connectivity index (χ0v) is 11.1. The largest absolute Gasteiger partial charge is 0.370 e. The quantitative estimate of drug-likeness (QED) is 0.545. The third kappa shape index (κ3) is 3.87. The molecule has 0 aromatic heterocycles. The lowest BCUT2D eigenvalue weighted by Crippen LogP contribution is -2.55. The van der Waals surface area contributed by atoms with Gasteiger partial charge >= 0.3 is 0 Å². The smallest absolute Gasteiger partial charge is 0.246 e. The van der Waals surface area contributed by atoms with Gasteiger partial charge in [-0.05, 0) is 19.2 Å². The molecule has 0 spiro atoms. The normalized spacial score (nSPS) is 13.3. The molecule has 1 rings (SSSR count). The van der Waals surface area contributed by atoms with Gasteiger partial charge < -0.3 is 11.5 Å². The zero-order chi connectivity index (χ0) is 15.1. The molecule has 1 radical (unpaired) electrons. The highest BCUT2D eigenvalue weighted by Crippen LogP contribution is 2.16. The Bertz CT molecular complexity index is 478. The van der Waals surface area contributed by atoms with Crippen molar-refractivity contribution >= 4 is 23.8 Å². The van der Waals surface area contributed by atoms with E-state index in [1.165, 1.54) is 7.05 Å². The average Bonchev–Trinajstić information content (AvgIpc) is 2.44. The molecule has 7 nitrogen and oxygen atoms in total. The Labute approximate surface area is 116 Å². The second-order valence-electron chi connectivity index (χ2n) is 4.13. The topological polar surface area (TPSA) is 119 Å². The number of nitrogens with two attached hydrogens (primary N) is 2. The summed E-state index contributed by atoms with van der Waals surface area (Å²) in [5, 5.41) is 2.65. The number of primary amides is 1. The monoisotopic (exact) mass is 277 g/mol. The van der Waals surface area contributed by atoms with Gasteiger partial charge in [-0.3, -0.25) is 24.6 Å². The van der Waals surface area contributed by atoms with Gasteiger partial charge in [0.05, 0.1) is 12.5 Å². The van der Waals surface area contributed by atoms with Gasteiger partial charge in [-0.25, -0.2) is 0 Å². The molecule has 0 heterocycles. The van der Waals surface area contributed by atoms with E-state index in [-0.39, 0.29) is 6.42 Å². The molecule has 2 atom stereocenters. The van der Waals surface area contributed by atoms with E-state index in [0.717, 1.165) is 4.90 Å². The third-order valence-electron chi connectivity index (χ3n) is 2.65. The summed E-state index contributed by atoms with van der Waals surface area (Å²) >= 11 is 0. The lowest BCUT2D eigenvalue weighted by Gasteiger charge is -2.29. The number of carbonyl (C=O) groups is 2. The van der Waals surface area contributed by atoms with Crippen LogP contribution < -0.4 is 21.7 Å². The second kappa shape index (κ2) is 7.37. The highest BCUT2D eigenvalue weighted by atomic mass is 16.2. The predicted octanol–water partition coefficient (Wildman–Crippen LogP) is -1.12. The van der Waals surface area contributed by atoms with Gasteiger partial charge in [0.2, 0.25) is 18.1 Å². The first-order valence-corrected chi connectivity index (χ1v) is 5.98. The van der Waals surface area contributed by atoms with Crippen LogP contribution in [0.15, 0.2) is 30.3 Å². The molecule has 1 aromatic carbocycles. The SMILES string of the molecule is CN[C@@H]([C]=O)N(C(=O)[C@@H](N)CC(N)=O)c1ccccc1. The Morgan fingerprint density at radius 3 is 2.40 bits per heavy atom. The minimum absolute atomic E-state index is 0.294. The average molecular weight is 277 g/mol. The van der Waals surface area contributed by atoms with Crippen LogP contribution in [0.2, 0.25) is 0 Å². The molecule has 0 aliphatic heterocycles. The van der Waals surface area contributed by atoms with Gasteiger partial charge in [0.1, 0.15) is 0 Å². The number of nitrogens with zero attached hydrogens (tertiary/aromatic N) is 1. The zero-order valence-electron chi connectivity index (χ0n) is 11.1. The van der Waals surface area contributed by atoms with Crippen LogP contribution in [0, 0.1) is 0 Å². The van der Waals surface area contributed by atoms with Gasteiger partial charge in [0, 0.05) is 5.69 Å². The maximum absolute atomic E-state index is 12.3. The summed E-state index contributed by atoms with van der Waals surface area (Å²) in [6.07, 6.45) is 0.421. The van der Waals surface area contributed by atoms with Crippen LogP contribution in [0.1, 0.15) is 6.42 Å². The van der Waals surface area contributed by atoms with Crippen LogP contribution >= 0.6 is 0 Å². The number of likely N-dealkylation sites (N-methyl/N-ethyl adjacent to an activating group) is 1. The standard InChI is InChI=1S/C13H17N4O3/c1-16-12(8-18)17(9-5-3-2-4-6-9)13(20)10(14)7-11(15)19/h2-6,10,12,16H,7,14H2,1H3,(H2,15,19)/t10-,12+/m0/s1. The summed E-state index contributed by atoms with van der Waals surface area (Å²) in [5.41, 5.74) is 11.2. The molecule has 0 aliphatic carbocycles. The van der Waals surface area contributed by atoms with Crippen molar-refractivity contribution in [2.75, 3.05) is 11.9 Å². The molecule has 7 heteroatoms. The van der Waals surface area contributed by atoms with E-state index in [9.17, 15) is 14.4 Å². The second-order valence-corrected chi connectivity index (χ2v) is 4.13. The first-order valence-electron chi connectivity index (χ1n) is 5.98. The summed E-state index contributed by atoms with van der Waals surface area (Å²) < 4.78 is 0. The number of anilines is 1. The number of nitrogens with one attached hydrogen (secondary N) is 1. The molecular formula is C13H17N4O3. The van der Waals surface area contributed by atoms with E-state index >= 15 is 0 Å². The summed E-state index contributed by atoms with van der Waals surface area (Å²) in [7, 11) is 1.51. The molecule has 0 unspecified atom stereocenters. The minimum Gasteiger partial charge on any atom is -0.370 e. The first kappa shape index (κ1) is 15.8. The fraction of sp³-hybridized carbons (Fsp3) is 0.308. The molecule has 0 aliphatic rings. The number of carbonyl (C=O) groups excluding carboxylic acids is 3. The lowest BCUT2D eigenvalue weighted by atomic mass is 10.1.